The predicted molar refractivity (Wildman–Crippen MR) is 146 cm³/mol. The average molecular weight is 581 g/mol. The minimum absolute atomic E-state index is 0.00317. The van der Waals surface area contributed by atoms with Crippen LogP contribution in [0.2, 0.25) is 0 Å². The molecule has 1 N–H and O–H groups in total. The lowest BCUT2D eigenvalue weighted by molar-refractivity contribution is 0.102. The van der Waals surface area contributed by atoms with Gasteiger partial charge in [0, 0.05) is 42.0 Å². The Bertz CT molecular complexity index is 1840. The maximum atomic E-state index is 15.2. The second kappa shape index (κ2) is 11.6. The zero-order valence-electron chi connectivity index (χ0n) is 22.5. The Hall–Kier alpha value is -5.33. The number of methoxy groups -OCH3 is 2. The van der Waals surface area contributed by atoms with Crippen LogP contribution in [-0.2, 0) is 6.54 Å². The third-order valence-corrected chi connectivity index (χ3v) is 6.33. The van der Waals surface area contributed by atoms with E-state index >= 15 is 4.39 Å². The van der Waals surface area contributed by atoms with Gasteiger partial charge in [0.2, 0.25) is 5.43 Å². The van der Waals surface area contributed by atoms with Gasteiger partial charge in [0.1, 0.15) is 16.8 Å². The quantitative estimate of drug-likeness (QED) is 0.232. The average Bonchev–Trinajstić information content (AvgIpc) is 3.50. The van der Waals surface area contributed by atoms with Gasteiger partial charge in [-0.2, -0.15) is 0 Å². The first kappa shape index (κ1) is 28.2. The lowest BCUT2D eigenvalue weighted by atomic mass is 10.1. The van der Waals surface area contributed by atoms with Crippen LogP contribution in [0.25, 0.3) is 22.4 Å². The highest BCUT2D eigenvalue weighted by Gasteiger charge is 2.23. The third-order valence-electron chi connectivity index (χ3n) is 6.33. The standard InChI is InChI=1S/C29H23F3N4O6/c1-15-25(27(37)17(20-5-4-10-41-20)13-36(15)14-24(31)32)28(38)34-16-6-7-21(18(30)11-16)42-22-8-9-33-19-12-23(39-2)29(40-3)35-26(19)22/h4-13,24H,14H2,1-3H3,(H,34,38). The molecule has 0 saturated heterocycles. The van der Waals surface area contributed by atoms with E-state index in [0.717, 1.165) is 10.6 Å². The first-order valence-electron chi connectivity index (χ1n) is 12.4. The molecule has 5 aromatic rings. The van der Waals surface area contributed by atoms with Crippen LogP contribution in [0.4, 0.5) is 18.9 Å². The fourth-order valence-corrected chi connectivity index (χ4v) is 4.33. The summed E-state index contributed by atoms with van der Waals surface area (Å²) in [7, 11) is 2.88. The topological polar surface area (TPSA) is 118 Å². The largest absolute Gasteiger partial charge is 0.491 e. The van der Waals surface area contributed by atoms with Crippen molar-refractivity contribution < 1.29 is 36.6 Å². The number of ether oxygens (including phenoxy) is 3. The number of carbonyl (C=O) groups excluding carboxylic acids is 1. The van der Waals surface area contributed by atoms with E-state index in [4.69, 9.17) is 18.6 Å². The Morgan fingerprint density at radius 1 is 1.10 bits per heavy atom. The van der Waals surface area contributed by atoms with Gasteiger partial charge in [0.05, 0.1) is 38.1 Å². The second-order valence-electron chi connectivity index (χ2n) is 8.93. The van der Waals surface area contributed by atoms with Crippen molar-refractivity contribution in [2.24, 2.45) is 0 Å². The number of hydrogen-bond donors (Lipinski definition) is 1. The van der Waals surface area contributed by atoms with Crippen LogP contribution in [0.3, 0.4) is 0 Å². The van der Waals surface area contributed by atoms with E-state index in [9.17, 15) is 18.4 Å². The van der Waals surface area contributed by atoms with Crippen molar-refractivity contribution in [3.63, 3.8) is 0 Å². The zero-order valence-corrected chi connectivity index (χ0v) is 22.5. The molecule has 4 aromatic heterocycles. The summed E-state index contributed by atoms with van der Waals surface area (Å²) in [5, 5.41) is 2.46. The summed E-state index contributed by atoms with van der Waals surface area (Å²) in [5.41, 5.74) is -0.468. The normalized spacial score (nSPS) is 11.1. The number of aromatic nitrogens is 3. The van der Waals surface area contributed by atoms with Crippen LogP contribution in [0, 0.1) is 12.7 Å². The summed E-state index contributed by atoms with van der Waals surface area (Å²) in [6, 6.07) is 9.73. The molecule has 0 unspecified atom stereocenters. The molecule has 0 radical (unpaired) electrons. The number of anilines is 1. The Kier molecular flexibility index (Phi) is 7.82. The van der Waals surface area contributed by atoms with Crippen LogP contribution in [0.5, 0.6) is 23.1 Å². The Labute approximate surface area is 236 Å². The number of fused-ring (bicyclic) bond motifs is 1. The maximum absolute atomic E-state index is 15.2. The highest BCUT2D eigenvalue weighted by Crippen LogP contribution is 2.35. The van der Waals surface area contributed by atoms with Gasteiger partial charge in [-0.05, 0) is 31.2 Å². The number of amides is 1. The summed E-state index contributed by atoms with van der Waals surface area (Å²) in [6.45, 7) is 0.623. The minimum atomic E-state index is -2.75. The zero-order chi connectivity index (χ0) is 30.0. The van der Waals surface area contributed by atoms with Crippen LogP contribution >= 0.6 is 0 Å². The van der Waals surface area contributed by atoms with Crippen molar-refractivity contribution in [1.29, 1.82) is 0 Å². The maximum Gasteiger partial charge on any atom is 0.261 e. The number of benzene rings is 1. The Balaban J connectivity index is 1.44. The first-order valence-corrected chi connectivity index (χ1v) is 12.4. The highest BCUT2D eigenvalue weighted by atomic mass is 19.3. The molecule has 0 atom stereocenters. The van der Waals surface area contributed by atoms with E-state index in [1.165, 1.54) is 70.1 Å². The molecule has 0 saturated carbocycles. The molecule has 1 amide bonds. The van der Waals surface area contributed by atoms with Gasteiger partial charge in [-0.25, -0.2) is 18.2 Å². The molecule has 13 heteroatoms. The molecule has 42 heavy (non-hydrogen) atoms. The highest BCUT2D eigenvalue weighted by molar-refractivity contribution is 6.05. The Morgan fingerprint density at radius 3 is 2.57 bits per heavy atom. The molecule has 0 aliphatic carbocycles. The first-order chi connectivity index (χ1) is 20.2. The fraction of sp³-hybridized carbons (Fsp3) is 0.172. The van der Waals surface area contributed by atoms with Crippen molar-refractivity contribution in [3.8, 4) is 34.5 Å². The molecule has 5 rings (SSSR count). The predicted octanol–water partition coefficient (Wildman–Crippen LogP) is 5.83. The van der Waals surface area contributed by atoms with Crippen LogP contribution in [0.15, 0.2) is 70.3 Å². The van der Waals surface area contributed by atoms with Crippen LogP contribution < -0.4 is 25.0 Å². The van der Waals surface area contributed by atoms with Crippen molar-refractivity contribution in [2.75, 3.05) is 19.5 Å². The smallest absolute Gasteiger partial charge is 0.261 e. The van der Waals surface area contributed by atoms with E-state index in [0.29, 0.717) is 16.8 Å². The summed E-state index contributed by atoms with van der Waals surface area (Å²) in [6.07, 6.45) is 1.24. The van der Waals surface area contributed by atoms with Gasteiger partial charge in [-0.3, -0.25) is 14.6 Å². The van der Waals surface area contributed by atoms with Crippen molar-refractivity contribution in [1.82, 2.24) is 14.5 Å². The molecule has 10 nitrogen and oxygen atoms in total. The molecule has 0 spiro atoms. The van der Waals surface area contributed by atoms with E-state index in [-0.39, 0.29) is 45.6 Å². The number of nitrogens with one attached hydrogen (secondary N) is 1. The lowest BCUT2D eigenvalue weighted by Crippen LogP contribution is -2.28. The number of pyridine rings is 3. The van der Waals surface area contributed by atoms with E-state index in [2.05, 4.69) is 15.3 Å². The number of carbonyl (C=O) groups is 1. The van der Waals surface area contributed by atoms with Crippen molar-refractivity contribution >= 4 is 22.6 Å². The molecule has 0 bridgehead atoms. The molecular formula is C29H23F3N4O6. The molecular weight excluding hydrogens is 557 g/mol. The third kappa shape index (κ3) is 5.48. The molecule has 4 heterocycles. The van der Waals surface area contributed by atoms with Gasteiger partial charge < -0.3 is 28.5 Å². The number of furan rings is 1. The van der Waals surface area contributed by atoms with Crippen LogP contribution in [0.1, 0.15) is 16.1 Å². The van der Waals surface area contributed by atoms with E-state index in [1.807, 2.05) is 0 Å². The van der Waals surface area contributed by atoms with Gasteiger partial charge in [0.15, 0.2) is 23.1 Å². The summed E-state index contributed by atoms with van der Waals surface area (Å²) in [4.78, 5) is 35.0. The summed E-state index contributed by atoms with van der Waals surface area (Å²) >= 11 is 0. The second-order valence-corrected chi connectivity index (χ2v) is 8.93. The molecule has 0 aliphatic rings. The van der Waals surface area contributed by atoms with Crippen LogP contribution in [-0.4, -0.2) is 41.1 Å². The number of halogens is 3. The van der Waals surface area contributed by atoms with E-state index in [1.54, 1.807) is 6.07 Å². The van der Waals surface area contributed by atoms with Gasteiger partial charge in [-0.15, -0.1) is 0 Å². The number of alkyl halides is 2. The monoisotopic (exact) mass is 580 g/mol. The SMILES string of the molecule is COc1cc2nccc(Oc3ccc(NC(=O)c4c(C)n(CC(F)F)cc(-c5ccco5)c4=O)cc3F)c2nc1OC. The lowest BCUT2D eigenvalue weighted by Gasteiger charge is -2.16. The molecule has 0 fully saturated rings. The van der Waals surface area contributed by atoms with Crippen molar-refractivity contribution in [3.05, 3.63) is 88.4 Å². The molecule has 216 valence electrons. The van der Waals surface area contributed by atoms with Gasteiger partial charge in [-0.1, -0.05) is 0 Å². The van der Waals surface area contributed by atoms with Gasteiger partial charge in [0.25, 0.3) is 18.2 Å². The summed E-state index contributed by atoms with van der Waals surface area (Å²) < 4.78 is 64.3. The Morgan fingerprint density at radius 2 is 1.90 bits per heavy atom. The van der Waals surface area contributed by atoms with Crippen molar-refractivity contribution in [2.45, 2.75) is 19.9 Å². The molecule has 0 aliphatic heterocycles. The number of nitrogens with zero attached hydrogens (tertiary/aromatic N) is 3. The fourth-order valence-electron chi connectivity index (χ4n) is 4.33. The number of hydrogen-bond acceptors (Lipinski definition) is 8. The number of rotatable bonds is 9. The van der Waals surface area contributed by atoms with Gasteiger partial charge >= 0.3 is 0 Å². The van der Waals surface area contributed by atoms with E-state index < -0.39 is 30.1 Å². The summed E-state index contributed by atoms with van der Waals surface area (Å²) in [5.74, 6) is -1.11. The minimum Gasteiger partial charge on any atom is -0.491 e. The molecule has 1 aromatic carbocycles.